The molecule has 0 radical (unpaired) electrons. The number of carbonyl (C=O) groups excluding carboxylic acids is 1. The standard InChI is InChI=1S/C19H16Cl2F3N5O/c1-10-8-29(16(25)12-5-13(20)7-27-6-12)17(26)18(30)28(10)9-11-3-2-4-14(15(11)21)19(22,23)24/h2-7,10,25-26H,8-9H2,1H3. The van der Waals surface area contributed by atoms with E-state index in [1.807, 2.05) is 0 Å². The molecule has 0 saturated carbocycles. The molecule has 6 nitrogen and oxygen atoms in total. The maximum absolute atomic E-state index is 13.1. The summed E-state index contributed by atoms with van der Waals surface area (Å²) in [5.41, 5.74) is -0.519. The summed E-state index contributed by atoms with van der Waals surface area (Å²) in [5, 5.41) is 16.3. The summed E-state index contributed by atoms with van der Waals surface area (Å²) in [6, 6.07) is 4.51. The molecule has 1 aliphatic heterocycles. The molecule has 1 saturated heterocycles. The number of rotatable bonds is 3. The number of piperazine rings is 1. The van der Waals surface area contributed by atoms with Crippen LogP contribution in [0.2, 0.25) is 10.0 Å². The highest BCUT2D eigenvalue weighted by atomic mass is 35.5. The second-order valence-electron chi connectivity index (χ2n) is 6.76. The normalized spacial score (nSPS) is 17.5. The van der Waals surface area contributed by atoms with Crippen molar-refractivity contribution >= 4 is 40.8 Å². The molecule has 0 spiro atoms. The van der Waals surface area contributed by atoms with Crippen LogP contribution < -0.4 is 0 Å². The number of hydrogen-bond donors (Lipinski definition) is 2. The van der Waals surface area contributed by atoms with E-state index in [9.17, 15) is 18.0 Å². The highest BCUT2D eigenvalue weighted by Gasteiger charge is 2.38. The van der Waals surface area contributed by atoms with Gasteiger partial charge in [-0.15, -0.1) is 0 Å². The SMILES string of the molecule is CC1CN(C(=N)c2cncc(Cl)c2)C(=N)C(=O)N1Cc1cccc(C(F)(F)F)c1Cl. The quantitative estimate of drug-likeness (QED) is 0.527. The summed E-state index contributed by atoms with van der Waals surface area (Å²) in [7, 11) is 0. The first-order valence-corrected chi connectivity index (χ1v) is 9.47. The second-order valence-corrected chi connectivity index (χ2v) is 7.57. The van der Waals surface area contributed by atoms with Gasteiger partial charge in [-0.2, -0.15) is 13.2 Å². The molecular weight excluding hydrogens is 442 g/mol. The Morgan fingerprint density at radius 3 is 2.63 bits per heavy atom. The molecule has 3 rings (SSSR count). The van der Waals surface area contributed by atoms with Crippen molar-refractivity contribution in [1.82, 2.24) is 14.8 Å². The molecule has 2 aromatic rings. The summed E-state index contributed by atoms with van der Waals surface area (Å²) in [4.78, 5) is 19.2. The van der Waals surface area contributed by atoms with E-state index >= 15 is 0 Å². The van der Waals surface area contributed by atoms with Gasteiger partial charge in [0.2, 0.25) is 0 Å². The van der Waals surface area contributed by atoms with Gasteiger partial charge in [0.25, 0.3) is 5.91 Å². The van der Waals surface area contributed by atoms with Crippen LogP contribution in [0.25, 0.3) is 0 Å². The average Bonchev–Trinajstić information content (AvgIpc) is 2.67. The molecule has 1 fully saturated rings. The predicted octanol–water partition coefficient (Wildman–Crippen LogP) is 4.44. The Hall–Kier alpha value is -2.65. The number of aromatic nitrogens is 1. The number of amidine groups is 2. The Labute approximate surface area is 180 Å². The Balaban J connectivity index is 1.84. The van der Waals surface area contributed by atoms with Crippen molar-refractivity contribution < 1.29 is 18.0 Å². The third-order valence-corrected chi connectivity index (χ3v) is 5.34. The van der Waals surface area contributed by atoms with Crippen molar-refractivity contribution in [3.05, 3.63) is 63.4 Å². The van der Waals surface area contributed by atoms with Gasteiger partial charge in [-0.3, -0.25) is 20.6 Å². The van der Waals surface area contributed by atoms with Crippen LogP contribution in [0.1, 0.15) is 23.6 Å². The Morgan fingerprint density at radius 1 is 1.30 bits per heavy atom. The number of halogens is 5. The molecule has 158 valence electrons. The van der Waals surface area contributed by atoms with Gasteiger partial charge in [-0.05, 0) is 24.6 Å². The smallest absolute Gasteiger partial charge is 0.327 e. The molecule has 2 heterocycles. The number of pyridine rings is 1. The minimum Gasteiger partial charge on any atom is -0.327 e. The zero-order chi connectivity index (χ0) is 22.2. The Morgan fingerprint density at radius 2 is 2.00 bits per heavy atom. The van der Waals surface area contributed by atoms with E-state index in [0.29, 0.717) is 10.6 Å². The predicted molar refractivity (Wildman–Crippen MR) is 107 cm³/mol. The van der Waals surface area contributed by atoms with Gasteiger partial charge in [0.1, 0.15) is 5.84 Å². The molecule has 11 heteroatoms. The molecule has 1 aliphatic rings. The molecule has 1 atom stereocenters. The third-order valence-electron chi connectivity index (χ3n) is 4.69. The van der Waals surface area contributed by atoms with Crippen molar-refractivity contribution in [2.75, 3.05) is 6.54 Å². The van der Waals surface area contributed by atoms with E-state index in [-0.39, 0.29) is 24.5 Å². The van der Waals surface area contributed by atoms with E-state index in [1.54, 1.807) is 6.92 Å². The van der Waals surface area contributed by atoms with Gasteiger partial charge >= 0.3 is 6.18 Å². The molecule has 1 aromatic heterocycles. The van der Waals surface area contributed by atoms with Crippen molar-refractivity contribution in [2.45, 2.75) is 25.7 Å². The van der Waals surface area contributed by atoms with Crippen molar-refractivity contribution in [2.24, 2.45) is 0 Å². The fourth-order valence-electron chi connectivity index (χ4n) is 3.14. The molecule has 1 aromatic carbocycles. The van der Waals surface area contributed by atoms with E-state index in [4.69, 9.17) is 34.0 Å². The van der Waals surface area contributed by atoms with Crippen molar-refractivity contribution in [3.8, 4) is 0 Å². The minimum atomic E-state index is -4.62. The first kappa shape index (κ1) is 22.0. The highest BCUT2D eigenvalue weighted by Crippen LogP contribution is 2.37. The van der Waals surface area contributed by atoms with E-state index in [1.165, 1.54) is 40.4 Å². The summed E-state index contributed by atoms with van der Waals surface area (Å²) in [5.74, 6) is -1.31. The fraction of sp³-hybridized carbons (Fsp3) is 0.263. The lowest BCUT2D eigenvalue weighted by molar-refractivity contribution is -0.137. The first-order chi connectivity index (χ1) is 14.0. The highest BCUT2D eigenvalue weighted by molar-refractivity contribution is 6.40. The minimum absolute atomic E-state index is 0.104. The van der Waals surface area contributed by atoms with Gasteiger partial charge in [0, 0.05) is 37.1 Å². The molecule has 30 heavy (non-hydrogen) atoms. The van der Waals surface area contributed by atoms with Crippen LogP contribution in [-0.4, -0.2) is 44.9 Å². The maximum atomic E-state index is 13.1. The van der Waals surface area contributed by atoms with Gasteiger partial charge in [-0.1, -0.05) is 35.3 Å². The van der Waals surface area contributed by atoms with Crippen LogP contribution in [0.5, 0.6) is 0 Å². The Bertz CT molecular complexity index is 1030. The summed E-state index contributed by atoms with van der Waals surface area (Å²) in [6.45, 7) is 1.60. The molecular formula is C19H16Cl2F3N5O. The number of carbonyl (C=O) groups is 1. The van der Waals surface area contributed by atoms with Crippen LogP contribution in [-0.2, 0) is 17.5 Å². The van der Waals surface area contributed by atoms with Crippen LogP contribution in [0.4, 0.5) is 13.2 Å². The lowest BCUT2D eigenvalue weighted by atomic mass is 10.1. The monoisotopic (exact) mass is 457 g/mol. The molecule has 2 N–H and O–H groups in total. The second kappa shape index (κ2) is 8.23. The number of nitrogens with zero attached hydrogens (tertiary/aromatic N) is 3. The Kier molecular flexibility index (Phi) is 6.05. The zero-order valence-electron chi connectivity index (χ0n) is 15.6. The van der Waals surface area contributed by atoms with Crippen LogP contribution in [0.15, 0.2) is 36.7 Å². The number of alkyl halides is 3. The van der Waals surface area contributed by atoms with Crippen LogP contribution in [0.3, 0.4) is 0 Å². The number of benzene rings is 1. The topological polar surface area (TPSA) is 84.1 Å². The lowest BCUT2D eigenvalue weighted by Gasteiger charge is -2.40. The summed E-state index contributed by atoms with van der Waals surface area (Å²) in [6.07, 6.45) is -1.83. The number of hydrogen-bond acceptors (Lipinski definition) is 4. The number of amides is 1. The van der Waals surface area contributed by atoms with Gasteiger partial charge in [-0.25, -0.2) is 0 Å². The fourth-order valence-corrected chi connectivity index (χ4v) is 3.60. The first-order valence-electron chi connectivity index (χ1n) is 8.71. The van der Waals surface area contributed by atoms with Crippen LogP contribution in [0, 0.1) is 10.8 Å². The van der Waals surface area contributed by atoms with E-state index in [2.05, 4.69) is 4.98 Å². The van der Waals surface area contributed by atoms with E-state index < -0.39 is 34.5 Å². The van der Waals surface area contributed by atoms with E-state index in [0.717, 1.165) is 6.07 Å². The lowest BCUT2D eigenvalue weighted by Crippen LogP contribution is -2.59. The zero-order valence-corrected chi connectivity index (χ0v) is 17.1. The number of nitrogens with one attached hydrogen (secondary N) is 2. The maximum Gasteiger partial charge on any atom is 0.417 e. The van der Waals surface area contributed by atoms with Crippen LogP contribution >= 0.6 is 23.2 Å². The van der Waals surface area contributed by atoms with Gasteiger partial charge in [0.15, 0.2) is 5.84 Å². The van der Waals surface area contributed by atoms with Crippen molar-refractivity contribution in [1.29, 1.82) is 10.8 Å². The van der Waals surface area contributed by atoms with Gasteiger partial charge in [0.05, 0.1) is 15.6 Å². The summed E-state index contributed by atoms with van der Waals surface area (Å²) >= 11 is 11.8. The third kappa shape index (κ3) is 4.27. The van der Waals surface area contributed by atoms with Gasteiger partial charge < -0.3 is 9.80 Å². The summed E-state index contributed by atoms with van der Waals surface area (Å²) < 4.78 is 39.3. The van der Waals surface area contributed by atoms with Crippen molar-refractivity contribution in [3.63, 3.8) is 0 Å². The molecule has 0 aliphatic carbocycles. The molecule has 1 amide bonds. The largest absolute Gasteiger partial charge is 0.417 e. The molecule has 1 unspecified atom stereocenters. The molecule has 0 bridgehead atoms. The average molecular weight is 458 g/mol.